The lowest BCUT2D eigenvalue weighted by atomic mass is 9.92. The van der Waals surface area contributed by atoms with E-state index in [0.717, 1.165) is 12.8 Å². The lowest BCUT2D eigenvalue weighted by molar-refractivity contribution is -0.146. The zero-order valence-electron chi connectivity index (χ0n) is 19.7. The molecule has 6 atom stereocenters. The van der Waals surface area contributed by atoms with Crippen molar-refractivity contribution in [3.8, 4) is 6.07 Å². The Balaban J connectivity index is 1.62. The molecule has 0 amide bonds. The number of nitrogens with two attached hydrogens (primary N) is 1. The van der Waals surface area contributed by atoms with Gasteiger partial charge in [0.15, 0.2) is 5.82 Å². The molecule has 190 valence electrons. The van der Waals surface area contributed by atoms with Crippen LogP contribution < -0.4 is 10.8 Å². The first-order chi connectivity index (χ1) is 16.7. The van der Waals surface area contributed by atoms with E-state index in [4.69, 9.17) is 19.7 Å². The van der Waals surface area contributed by atoms with Crippen molar-refractivity contribution < 1.29 is 33.6 Å². The molecule has 1 unspecified atom stereocenters. The molecule has 1 aliphatic heterocycles. The molecule has 0 bridgehead atoms. The summed E-state index contributed by atoms with van der Waals surface area (Å²) in [5, 5.41) is 37.7. The molecule has 0 spiro atoms. The van der Waals surface area contributed by atoms with Crippen molar-refractivity contribution in [2.45, 2.75) is 63.6 Å². The molecule has 1 saturated heterocycles. The predicted molar refractivity (Wildman–Crippen MR) is 123 cm³/mol. The fourth-order valence-corrected chi connectivity index (χ4v) is 4.57. The Labute approximate surface area is 203 Å². The topological polar surface area (TPSA) is 194 Å². The Hall–Kier alpha value is -2.72. The van der Waals surface area contributed by atoms with Crippen LogP contribution in [0.25, 0.3) is 5.52 Å². The lowest BCUT2D eigenvalue weighted by Gasteiger charge is -2.24. The number of aliphatic hydroxyl groups excluding tert-OH is 2. The summed E-state index contributed by atoms with van der Waals surface area (Å²) < 4.78 is 29.8. The molecular formula is C21H30N6O7P+. The quantitative estimate of drug-likeness (QED) is 0.246. The van der Waals surface area contributed by atoms with Crippen molar-refractivity contribution >= 4 is 25.5 Å². The molecule has 0 radical (unpaired) electrons. The molecule has 14 heteroatoms. The fraction of sp³-hybridized carbons (Fsp3) is 0.619. The number of ether oxygens (including phenoxy) is 2. The first-order valence-corrected chi connectivity index (χ1v) is 12.4. The number of carbonyl (C=O) groups is 1. The summed E-state index contributed by atoms with van der Waals surface area (Å²) in [5.41, 5.74) is 4.36. The number of hydrogen-bond donors (Lipinski definition) is 4. The molecule has 0 saturated carbocycles. The Morgan fingerprint density at radius 3 is 2.80 bits per heavy atom. The van der Waals surface area contributed by atoms with Gasteiger partial charge in [0.2, 0.25) is 5.60 Å². The average molecular weight is 509 g/mol. The van der Waals surface area contributed by atoms with E-state index in [1.54, 1.807) is 6.07 Å². The van der Waals surface area contributed by atoms with E-state index >= 15 is 0 Å². The van der Waals surface area contributed by atoms with Crippen LogP contribution in [-0.4, -0.2) is 68.3 Å². The maximum atomic E-state index is 12.3. The van der Waals surface area contributed by atoms with Gasteiger partial charge < -0.3 is 25.4 Å². The van der Waals surface area contributed by atoms with E-state index in [0.29, 0.717) is 5.52 Å². The van der Waals surface area contributed by atoms with Gasteiger partial charge in [0.05, 0.1) is 12.3 Å². The molecule has 0 aromatic carbocycles. The van der Waals surface area contributed by atoms with Crippen molar-refractivity contribution in [2.24, 2.45) is 5.92 Å². The molecule has 2 aromatic heterocycles. The average Bonchev–Trinajstić information content (AvgIpc) is 3.39. The van der Waals surface area contributed by atoms with Crippen LogP contribution in [0.5, 0.6) is 0 Å². The molecule has 3 heterocycles. The summed E-state index contributed by atoms with van der Waals surface area (Å²) in [6.07, 6.45) is -1.47. The third-order valence-corrected chi connectivity index (χ3v) is 7.09. The van der Waals surface area contributed by atoms with E-state index in [2.05, 4.69) is 15.2 Å². The fourth-order valence-electron chi connectivity index (χ4n) is 3.79. The van der Waals surface area contributed by atoms with Crippen LogP contribution in [0.15, 0.2) is 18.5 Å². The first-order valence-electron chi connectivity index (χ1n) is 11.2. The number of rotatable bonds is 11. The summed E-state index contributed by atoms with van der Waals surface area (Å²) in [6, 6.07) is 4.05. The number of esters is 1. The van der Waals surface area contributed by atoms with Gasteiger partial charge in [0, 0.05) is 0 Å². The van der Waals surface area contributed by atoms with Crippen molar-refractivity contribution in [1.29, 1.82) is 5.26 Å². The van der Waals surface area contributed by atoms with Crippen molar-refractivity contribution in [1.82, 2.24) is 19.7 Å². The summed E-state index contributed by atoms with van der Waals surface area (Å²) in [5.74, 6) is -0.159. The second-order valence-electron chi connectivity index (χ2n) is 8.32. The first kappa shape index (κ1) is 26.9. The second kappa shape index (κ2) is 11.3. The van der Waals surface area contributed by atoms with E-state index in [9.17, 15) is 24.8 Å². The summed E-state index contributed by atoms with van der Waals surface area (Å²) >= 11 is 0. The monoisotopic (exact) mass is 509 g/mol. The predicted octanol–water partition coefficient (Wildman–Crippen LogP) is 0.782. The minimum Gasteiger partial charge on any atom is -0.464 e. The van der Waals surface area contributed by atoms with Crippen molar-refractivity contribution in [3.63, 3.8) is 0 Å². The van der Waals surface area contributed by atoms with Gasteiger partial charge in [-0.1, -0.05) is 31.8 Å². The number of carbonyl (C=O) groups excluding carboxylic acids is 1. The van der Waals surface area contributed by atoms with Crippen LogP contribution in [0.4, 0.5) is 5.82 Å². The standard InChI is InChI=1S/C21H30N6O7P/c1-4-13(5-2)8-32-20(30)12(3)26-35(31)33-9-15-17(28)18(29)21(10-22,34-15)16-7-6-14-19(23)24-11-25-27(14)16/h6-7,11-13,15,17-18,28-29H,4-5,8-9H2,1-3H3,(H,26,31)(H2,23,24,25)/q+1/t12-,15+,17+,18+,21-/m0/s1. The minimum atomic E-state index is -2.55. The molecule has 5 N–H and O–H groups in total. The number of hydrogen-bond acceptors (Lipinski definition) is 11. The van der Waals surface area contributed by atoms with Gasteiger partial charge in [-0.3, -0.25) is 4.79 Å². The van der Waals surface area contributed by atoms with E-state index in [-0.39, 0.29) is 24.0 Å². The number of fused-ring (bicyclic) bond motifs is 1. The number of aromatic nitrogens is 3. The normalized spacial score (nSPS) is 25.5. The second-order valence-corrected chi connectivity index (χ2v) is 9.35. The highest BCUT2D eigenvalue weighted by atomic mass is 31.1. The Morgan fingerprint density at radius 2 is 2.14 bits per heavy atom. The third kappa shape index (κ3) is 5.43. The van der Waals surface area contributed by atoms with Gasteiger partial charge in [-0.2, -0.15) is 10.4 Å². The number of aliphatic hydroxyl groups is 2. The van der Waals surface area contributed by atoms with Crippen LogP contribution in [0.2, 0.25) is 0 Å². The van der Waals surface area contributed by atoms with Crippen LogP contribution >= 0.6 is 8.18 Å². The minimum absolute atomic E-state index is 0.134. The number of nitrogen functional groups attached to an aromatic ring is 1. The molecule has 35 heavy (non-hydrogen) atoms. The Kier molecular flexibility index (Phi) is 8.71. The number of nitriles is 1. The van der Waals surface area contributed by atoms with Gasteiger partial charge in [-0.25, -0.2) is 9.50 Å². The molecule has 0 aliphatic carbocycles. The van der Waals surface area contributed by atoms with E-state index in [1.165, 1.54) is 23.8 Å². The highest BCUT2D eigenvalue weighted by Crippen LogP contribution is 2.41. The van der Waals surface area contributed by atoms with Gasteiger partial charge in [0.25, 0.3) is 0 Å². The van der Waals surface area contributed by atoms with Gasteiger partial charge in [-0.05, 0) is 29.5 Å². The number of anilines is 1. The Bertz CT molecular complexity index is 1100. The smallest absolute Gasteiger partial charge is 0.464 e. The number of nitrogens with zero attached hydrogens (tertiary/aromatic N) is 4. The largest absolute Gasteiger partial charge is 0.613 e. The molecule has 3 rings (SSSR count). The van der Waals surface area contributed by atoms with Gasteiger partial charge in [0.1, 0.15) is 48.9 Å². The van der Waals surface area contributed by atoms with Gasteiger partial charge >= 0.3 is 14.1 Å². The van der Waals surface area contributed by atoms with Crippen LogP contribution in [-0.2, 0) is 29.0 Å². The number of nitrogens with one attached hydrogen (secondary N) is 1. The third-order valence-electron chi connectivity index (χ3n) is 6.11. The van der Waals surface area contributed by atoms with E-state index in [1.807, 2.05) is 19.9 Å². The maximum absolute atomic E-state index is 12.3. The molecule has 1 aliphatic rings. The highest BCUT2D eigenvalue weighted by Gasteiger charge is 2.58. The van der Waals surface area contributed by atoms with E-state index < -0.39 is 50.7 Å². The zero-order chi connectivity index (χ0) is 25.8. The molecule has 2 aromatic rings. The SMILES string of the molecule is CCC(CC)COC(=O)[C@H](C)N[P+](=O)OC[C@H]1O[C@@](C#N)(c2ccc3c(N)ncnn23)[C@H](O)[C@@H]1O. The van der Waals surface area contributed by atoms with Gasteiger partial charge in [-0.15, -0.1) is 4.52 Å². The lowest BCUT2D eigenvalue weighted by Crippen LogP contribution is -2.41. The molecule has 1 fully saturated rings. The summed E-state index contributed by atoms with van der Waals surface area (Å²) in [7, 11) is -2.55. The summed E-state index contributed by atoms with van der Waals surface area (Å²) in [6.45, 7) is 5.35. The maximum Gasteiger partial charge on any atom is 0.613 e. The van der Waals surface area contributed by atoms with Crippen LogP contribution in [0.1, 0.15) is 39.3 Å². The van der Waals surface area contributed by atoms with Crippen molar-refractivity contribution in [2.75, 3.05) is 18.9 Å². The summed E-state index contributed by atoms with van der Waals surface area (Å²) in [4.78, 5) is 16.0. The molecular weight excluding hydrogens is 479 g/mol. The molecule has 13 nitrogen and oxygen atoms in total. The van der Waals surface area contributed by atoms with Crippen molar-refractivity contribution in [3.05, 3.63) is 24.2 Å². The van der Waals surface area contributed by atoms with Crippen LogP contribution in [0, 0.1) is 17.2 Å². The zero-order valence-corrected chi connectivity index (χ0v) is 20.6. The highest BCUT2D eigenvalue weighted by molar-refractivity contribution is 7.36. The Morgan fingerprint density at radius 1 is 1.43 bits per heavy atom. The van der Waals surface area contributed by atoms with Crippen LogP contribution in [0.3, 0.4) is 0 Å².